The van der Waals surface area contributed by atoms with E-state index in [-0.39, 0.29) is 39.3 Å². The van der Waals surface area contributed by atoms with Crippen LogP contribution in [-0.4, -0.2) is 226 Å². The number of amides is 8. The van der Waals surface area contributed by atoms with Crippen molar-refractivity contribution in [2.75, 3.05) is 145 Å². The summed E-state index contributed by atoms with van der Waals surface area (Å²) in [5, 5.41) is 22.3. The number of nitrogens with zero attached hydrogens (tertiary/aromatic N) is 1. The van der Waals surface area contributed by atoms with Gasteiger partial charge in [0, 0.05) is 18.7 Å². The van der Waals surface area contributed by atoms with Crippen molar-refractivity contribution in [1.29, 1.82) is 0 Å². The average molecular weight is 978 g/mol. The molecule has 0 spiro atoms. The number of nitrogens with one attached hydrogen (secondary N) is 6. The second-order valence-electron chi connectivity index (χ2n) is 14.9. The summed E-state index contributed by atoms with van der Waals surface area (Å²) < 4.78 is 48.1. The number of carbonyl (C=O) groups excluding carboxylic acids is 9. The summed E-state index contributed by atoms with van der Waals surface area (Å²) in [5.74, 6) is -7.96. The third-order valence-corrected chi connectivity index (χ3v) is 8.04. The number of carboxylic acids is 1. The standard InChI is InChI=1S/C41H67N7O20/c1-41(2,3)68-39(58)24-30(47-35(53)29-48-36(54)4-5-37(48)55)40(59)46-28-34(52)45-27-33(51)44-26-32(50)43-25-31(49)42-7-9-61-11-13-63-15-17-65-19-21-67-23-22-66-20-18-64-16-14-62-12-10-60-8-6-38(56)57/h4-5,30H,6-29H2,1-3H3,(H,42,49)(H,43,50)(H,44,51)(H,45,52)(H,46,59)(H,47,53)(H,56,57)/t30-/m0/s1. The van der Waals surface area contributed by atoms with Crippen LogP contribution in [0.5, 0.6) is 0 Å². The molecule has 27 nitrogen and oxygen atoms in total. The number of hydrogen-bond acceptors (Lipinski definition) is 19. The van der Waals surface area contributed by atoms with Crippen molar-refractivity contribution in [3.8, 4) is 0 Å². The molecular weight excluding hydrogens is 910 g/mol. The van der Waals surface area contributed by atoms with Gasteiger partial charge in [-0.1, -0.05) is 0 Å². The third kappa shape index (κ3) is 34.6. The molecule has 68 heavy (non-hydrogen) atoms. The van der Waals surface area contributed by atoms with E-state index in [1.165, 1.54) is 0 Å². The molecule has 0 aliphatic carbocycles. The summed E-state index contributed by atoms with van der Waals surface area (Å²) in [6, 6.07) is -1.55. The van der Waals surface area contributed by atoms with Crippen LogP contribution in [0.1, 0.15) is 33.6 Å². The Balaban J connectivity index is 2.02. The molecule has 1 heterocycles. The highest BCUT2D eigenvalue weighted by Crippen LogP contribution is 2.10. The second kappa shape index (κ2) is 37.3. The maximum Gasteiger partial charge on any atom is 0.308 e. The number of ether oxygens (including phenoxy) is 9. The maximum atomic E-state index is 12.9. The Morgan fingerprint density at radius 3 is 1.25 bits per heavy atom. The first kappa shape index (κ1) is 60.3. The maximum absolute atomic E-state index is 12.9. The Labute approximate surface area is 393 Å². The lowest BCUT2D eigenvalue weighted by Crippen LogP contribution is -2.53. The van der Waals surface area contributed by atoms with Gasteiger partial charge in [0.15, 0.2) is 0 Å². The molecule has 1 aliphatic rings. The highest BCUT2D eigenvalue weighted by Gasteiger charge is 2.30. The van der Waals surface area contributed by atoms with Crippen molar-refractivity contribution in [1.82, 2.24) is 36.8 Å². The number of hydrogen-bond donors (Lipinski definition) is 7. The number of carbonyl (C=O) groups is 10. The average Bonchev–Trinajstić information content (AvgIpc) is 3.59. The van der Waals surface area contributed by atoms with Crippen LogP contribution in [0.3, 0.4) is 0 Å². The second-order valence-corrected chi connectivity index (χ2v) is 14.9. The molecule has 386 valence electrons. The number of carboxylic acid groups (broad SMARTS) is 1. The Kier molecular flexibility index (Phi) is 33.1. The van der Waals surface area contributed by atoms with Crippen LogP contribution >= 0.6 is 0 Å². The van der Waals surface area contributed by atoms with Gasteiger partial charge in [0.2, 0.25) is 35.4 Å². The van der Waals surface area contributed by atoms with Crippen LogP contribution in [0, 0.1) is 0 Å². The minimum Gasteiger partial charge on any atom is -0.481 e. The van der Waals surface area contributed by atoms with Crippen molar-refractivity contribution in [2.45, 2.75) is 45.3 Å². The Bertz CT molecular complexity index is 1610. The van der Waals surface area contributed by atoms with Gasteiger partial charge in [-0.2, -0.15) is 0 Å². The van der Waals surface area contributed by atoms with Crippen LogP contribution in [0.25, 0.3) is 0 Å². The van der Waals surface area contributed by atoms with Gasteiger partial charge in [0.1, 0.15) is 18.2 Å². The van der Waals surface area contributed by atoms with Gasteiger partial charge >= 0.3 is 11.9 Å². The zero-order chi connectivity index (χ0) is 50.4. The van der Waals surface area contributed by atoms with Gasteiger partial charge in [-0.25, -0.2) is 0 Å². The molecule has 0 saturated heterocycles. The predicted molar refractivity (Wildman–Crippen MR) is 232 cm³/mol. The molecule has 0 fully saturated rings. The van der Waals surface area contributed by atoms with Crippen molar-refractivity contribution in [2.24, 2.45) is 0 Å². The van der Waals surface area contributed by atoms with Crippen LogP contribution in [0.15, 0.2) is 12.2 Å². The van der Waals surface area contributed by atoms with E-state index in [9.17, 15) is 47.9 Å². The van der Waals surface area contributed by atoms with E-state index < -0.39 is 103 Å². The molecule has 1 atom stereocenters. The van der Waals surface area contributed by atoms with Gasteiger partial charge in [-0.3, -0.25) is 52.8 Å². The monoisotopic (exact) mass is 977 g/mol. The fraction of sp³-hybridized carbons (Fsp3) is 0.707. The van der Waals surface area contributed by atoms with Gasteiger partial charge < -0.3 is 79.6 Å². The predicted octanol–water partition coefficient (Wildman–Crippen LogP) is -4.68. The van der Waals surface area contributed by atoms with E-state index in [4.69, 9.17) is 47.7 Å². The van der Waals surface area contributed by atoms with E-state index in [1.54, 1.807) is 20.8 Å². The number of rotatable bonds is 41. The fourth-order valence-electron chi connectivity index (χ4n) is 4.87. The lowest BCUT2D eigenvalue weighted by Gasteiger charge is -2.23. The minimum absolute atomic E-state index is 0.0351. The van der Waals surface area contributed by atoms with E-state index in [1.807, 2.05) is 0 Å². The number of esters is 1. The quantitative estimate of drug-likeness (QED) is 0.0172. The highest BCUT2D eigenvalue weighted by molar-refractivity contribution is 6.14. The lowest BCUT2D eigenvalue weighted by molar-refractivity contribution is -0.157. The molecule has 0 aromatic heterocycles. The van der Waals surface area contributed by atoms with Gasteiger partial charge in [0.25, 0.3) is 11.8 Å². The fourth-order valence-corrected chi connectivity index (χ4v) is 4.87. The first-order valence-electron chi connectivity index (χ1n) is 21.7. The smallest absolute Gasteiger partial charge is 0.308 e. The van der Waals surface area contributed by atoms with Crippen molar-refractivity contribution in [3.05, 3.63) is 12.2 Å². The van der Waals surface area contributed by atoms with Crippen molar-refractivity contribution in [3.63, 3.8) is 0 Å². The summed E-state index contributed by atoms with van der Waals surface area (Å²) in [6.45, 7) is 7.63. The molecule has 27 heteroatoms. The summed E-state index contributed by atoms with van der Waals surface area (Å²) in [4.78, 5) is 121. The highest BCUT2D eigenvalue weighted by atomic mass is 16.6. The lowest BCUT2D eigenvalue weighted by atomic mass is 10.1. The Morgan fingerprint density at radius 2 is 0.868 bits per heavy atom. The van der Waals surface area contributed by atoms with Gasteiger partial charge in [-0.05, 0) is 20.8 Å². The van der Waals surface area contributed by atoms with E-state index in [2.05, 4.69) is 31.9 Å². The van der Waals surface area contributed by atoms with Gasteiger partial charge in [0.05, 0.1) is 145 Å². The Hall–Kier alpha value is -5.68. The molecule has 0 radical (unpaired) electrons. The van der Waals surface area contributed by atoms with Gasteiger partial charge in [-0.15, -0.1) is 0 Å². The topological polar surface area (TPSA) is 349 Å². The van der Waals surface area contributed by atoms with Crippen LogP contribution in [-0.2, 0) is 90.6 Å². The summed E-state index contributed by atoms with van der Waals surface area (Å²) in [7, 11) is 0. The summed E-state index contributed by atoms with van der Waals surface area (Å²) in [5.41, 5.74) is -0.923. The third-order valence-electron chi connectivity index (χ3n) is 8.04. The molecule has 0 saturated carbocycles. The minimum atomic E-state index is -1.55. The molecule has 7 N–H and O–H groups in total. The molecule has 1 aliphatic heterocycles. The molecule has 0 aromatic rings. The number of imide groups is 1. The zero-order valence-electron chi connectivity index (χ0n) is 38.9. The molecular formula is C41H67N7O20. The van der Waals surface area contributed by atoms with Crippen molar-refractivity contribution < 1.29 is 95.7 Å². The van der Waals surface area contributed by atoms with Crippen LogP contribution in [0.2, 0.25) is 0 Å². The molecule has 0 bridgehead atoms. The first-order chi connectivity index (χ1) is 32.5. The molecule has 0 aromatic carbocycles. The summed E-state index contributed by atoms with van der Waals surface area (Å²) in [6.07, 6.45) is 1.25. The van der Waals surface area contributed by atoms with Crippen LogP contribution in [0.4, 0.5) is 0 Å². The Morgan fingerprint density at radius 1 is 0.515 bits per heavy atom. The zero-order valence-corrected chi connectivity index (χ0v) is 38.9. The van der Waals surface area contributed by atoms with Crippen LogP contribution < -0.4 is 31.9 Å². The van der Waals surface area contributed by atoms with E-state index in [0.29, 0.717) is 90.8 Å². The van der Waals surface area contributed by atoms with E-state index in [0.717, 1.165) is 12.2 Å². The molecule has 1 rings (SSSR count). The molecule has 0 unspecified atom stereocenters. The first-order valence-corrected chi connectivity index (χ1v) is 21.7. The summed E-state index contributed by atoms with van der Waals surface area (Å²) >= 11 is 0. The SMILES string of the molecule is CC(C)(C)OC(=O)C[C@H](NC(=O)CN1C(=O)C=CC1=O)C(=O)NCC(=O)NCC(=O)NCC(=O)NCC(=O)NCCOCCOCCOCCOCCOCCOCCOCCOCCC(=O)O. The molecule has 8 amide bonds. The number of aliphatic carboxylic acids is 1. The normalized spacial score (nSPS) is 12.6. The van der Waals surface area contributed by atoms with E-state index >= 15 is 0 Å². The largest absolute Gasteiger partial charge is 0.481 e. The van der Waals surface area contributed by atoms with Crippen molar-refractivity contribution >= 4 is 59.2 Å².